The zero-order valence-electron chi connectivity index (χ0n) is 8.62. The van der Waals surface area contributed by atoms with Crippen LogP contribution in [0.2, 0.25) is 0 Å². The van der Waals surface area contributed by atoms with Crippen LogP contribution in [-0.2, 0) is 9.59 Å². The van der Waals surface area contributed by atoms with Crippen molar-refractivity contribution in [3.63, 3.8) is 0 Å². The van der Waals surface area contributed by atoms with Gasteiger partial charge in [0, 0.05) is 14.6 Å². The molecule has 86 valence electrons. The maximum atomic E-state index is 10.9. The van der Waals surface area contributed by atoms with Crippen LogP contribution in [0.15, 0.2) is 35.7 Å². The number of carbonyl (C=O) groups is 2. The normalized spacial score (nSPS) is 10.8. The Balaban J connectivity index is 2.14. The third kappa shape index (κ3) is 2.89. The van der Waals surface area contributed by atoms with Gasteiger partial charge >= 0.3 is 5.97 Å². The average Bonchev–Trinajstić information content (AvgIpc) is 2.95. The van der Waals surface area contributed by atoms with Gasteiger partial charge in [-0.1, -0.05) is 6.07 Å². The summed E-state index contributed by atoms with van der Waals surface area (Å²) in [5.74, 6) is -2.34. The number of carbonyl (C=O) groups excluding carboxylic acids is 1. The Morgan fingerprint density at radius 3 is 2.65 bits per heavy atom. The van der Waals surface area contributed by atoms with Gasteiger partial charge in [0.15, 0.2) is 0 Å². The number of aliphatic carboxylic acids is 1. The SMILES string of the molecule is O=C(O)C(=O)/C=C/c1ccc(-c2cccs2)s1. The zero-order chi connectivity index (χ0) is 12.3. The van der Waals surface area contributed by atoms with E-state index in [0.29, 0.717) is 0 Å². The van der Waals surface area contributed by atoms with Crippen LogP contribution in [0.1, 0.15) is 4.88 Å². The molecule has 0 spiro atoms. The van der Waals surface area contributed by atoms with Crippen molar-refractivity contribution in [3.05, 3.63) is 40.6 Å². The van der Waals surface area contributed by atoms with Crippen molar-refractivity contribution in [1.29, 1.82) is 0 Å². The van der Waals surface area contributed by atoms with Crippen molar-refractivity contribution in [3.8, 4) is 9.75 Å². The molecule has 5 heteroatoms. The van der Waals surface area contributed by atoms with Gasteiger partial charge in [-0.2, -0.15) is 0 Å². The van der Waals surface area contributed by atoms with Gasteiger partial charge in [0.1, 0.15) is 0 Å². The van der Waals surface area contributed by atoms with E-state index in [2.05, 4.69) is 0 Å². The lowest BCUT2D eigenvalue weighted by Gasteiger charge is -1.87. The Labute approximate surface area is 106 Å². The van der Waals surface area contributed by atoms with Gasteiger partial charge < -0.3 is 5.11 Å². The molecule has 0 bridgehead atoms. The molecule has 0 aromatic carbocycles. The highest BCUT2D eigenvalue weighted by Crippen LogP contribution is 2.31. The molecule has 2 heterocycles. The molecule has 0 saturated carbocycles. The molecule has 0 atom stereocenters. The monoisotopic (exact) mass is 264 g/mol. The maximum absolute atomic E-state index is 10.9. The molecular weight excluding hydrogens is 256 g/mol. The van der Waals surface area contributed by atoms with Crippen LogP contribution in [0.25, 0.3) is 15.8 Å². The number of thiophene rings is 2. The largest absolute Gasteiger partial charge is 0.475 e. The molecular formula is C12H8O3S2. The Bertz CT molecular complexity index is 564. The van der Waals surface area contributed by atoms with Crippen molar-refractivity contribution in [2.75, 3.05) is 0 Å². The summed E-state index contributed by atoms with van der Waals surface area (Å²) in [6.45, 7) is 0. The fourth-order valence-corrected chi connectivity index (χ4v) is 2.97. The summed E-state index contributed by atoms with van der Waals surface area (Å²) >= 11 is 3.17. The Hall–Kier alpha value is -1.72. The van der Waals surface area contributed by atoms with Crippen molar-refractivity contribution >= 4 is 40.5 Å². The first-order valence-corrected chi connectivity index (χ1v) is 6.45. The number of hydrogen-bond donors (Lipinski definition) is 1. The fourth-order valence-electron chi connectivity index (χ4n) is 1.22. The molecule has 2 aromatic rings. The standard InChI is InChI=1S/C12H8O3S2/c13-9(12(14)15)5-3-8-4-6-11(17-8)10-2-1-7-16-10/h1-7H,(H,14,15)/b5-3+. The number of ketones is 1. The molecule has 0 unspecified atom stereocenters. The number of carboxylic acid groups (broad SMARTS) is 1. The Kier molecular flexibility index (Phi) is 3.51. The van der Waals surface area contributed by atoms with Crippen molar-refractivity contribution in [1.82, 2.24) is 0 Å². The second kappa shape index (κ2) is 5.07. The van der Waals surface area contributed by atoms with E-state index in [4.69, 9.17) is 5.11 Å². The first-order chi connectivity index (χ1) is 8.16. The lowest BCUT2D eigenvalue weighted by molar-refractivity contribution is -0.146. The second-order valence-electron chi connectivity index (χ2n) is 3.18. The number of hydrogen-bond acceptors (Lipinski definition) is 4. The van der Waals surface area contributed by atoms with Crippen LogP contribution in [0.4, 0.5) is 0 Å². The summed E-state index contributed by atoms with van der Waals surface area (Å²) in [6, 6.07) is 7.82. The van der Waals surface area contributed by atoms with Gasteiger partial charge in [0.05, 0.1) is 0 Å². The molecule has 0 radical (unpaired) electrons. The predicted molar refractivity (Wildman–Crippen MR) is 69.3 cm³/mol. The van der Waals surface area contributed by atoms with Gasteiger partial charge in [-0.25, -0.2) is 4.79 Å². The van der Waals surface area contributed by atoms with Crippen LogP contribution in [-0.4, -0.2) is 16.9 Å². The Morgan fingerprint density at radius 2 is 2.00 bits per heavy atom. The predicted octanol–water partition coefficient (Wildman–Crippen LogP) is 3.14. The highest BCUT2D eigenvalue weighted by molar-refractivity contribution is 7.21. The third-order valence-corrected chi connectivity index (χ3v) is 4.12. The first-order valence-electron chi connectivity index (χ1n) is 4.76. The Morgan fingerprint density at radius 1 is 1.18 bits per heavy atom. The van der Waals surface area contributed by atoms with Crippen LogP contribution >= 0.6 is 22.7 Å². The van der Waals surface area contributed by atoms with Crippen LogP contribution in [0.3, 0.4) is 0 Å². The van der Waals surface area contributed by atoms with E-state index in [1.54, 1.807) is 11.3 Å². The van der Waals surface area contributed by atoms with Gasteiger partial charge in [0.2, 0.25) is 0 Å². The minimum atomic E-state index is -1.43. The van der Waals surface area contributed by atoms with E-state index in [9.17, 15) is 9.59 Å². The lowest BCUT2D eigenvalue weighted by Crippen LogP contribution is -2.08. The highest BCUT2D eigenvalue weighted by Gasteiger charge is 2.06. The van der Waals surface area contributed by atoms with Crippen LogP contribution in [0, 0.1) is 0 Å². The molecule has 1 N–H and O–H groups in total. The lowest BCUT2D eigenvalue weighted by atomic mass is 10.3. The molecule has 2 rings (SSSR count). The second-order valence-corrected chi connectivity index (χ2v) is 5.25. The molecule has 0 aliphatic rings. The quantitative estimate of drug-likeness (QED) is 0.681. The molecule has 0 amide bonds. The third-order valence-electron chi connectivity index (χ3n) is 2.00. The molecule has 0 aliphatic carbocycles. The first kappa shape index (κ1) is 11.8. The van der Waals surface area contributed by atoms with Crippen molar-refractivity contribution < 1.29 is 14.7 Å². The van der Waals surface area contributed by atoms with E-state index in [-0.39, 0.29) is 0 Å². The topological polar surface area (TPSA) is 54.4 Å². The highest BCUT2D eigenvalue weighted by atomic mass is 32.1. The van der Waals surface area contributed by atoms with E-state index in [0.717, 1.165) is 15.8 Å². The maximum Gasteiger partial charge on any atom is 0.376 e. The fraction of sp³-hybridized carbons (Fsp3) is 0. The van der Waals surface area contributed by atoms with E-state index in [1.165, 1.54) is 22.3 Å². The minimum absolute atomic E-state index is 0.864. The smallest absolute Gasteiger partial charge is 0.376 e. The summed E-state index contributed by atoms with van der Waals surface area (Å²) in [6.07, 6.45) is 2.60. The van der Waals surface area contributed by atoms with Crippen molar-refractivity contribution in [2.45, 2.75) is 0 Å². The number of carboxylic acids is 1. The molecule has 0 saturated heterocycles. The van der Waals surface area contributed by atoms with Crippen LogP contribution in [0.5, 0.6) is 0 Å². The summed E-state index contributed by atoms with van der Waals surface area (Å²) < 4.78 is 0. The van der Waals surface area contributed by atoms with Crippen LogP contribution < -0.4 is 0 Å². The van der Waals surface area contributed by atoms with Gasteiger partial charge in [-0.05, 0) is 35.7 Å². The molecule has 3 nitrogen and oxygen atoms in total. The van der Waals surface area contributed by atoms with Gasteiger partial charge in [-0.15, -0.1) is 22.7 Å². The summed E-state index contributed by atoms with van der Waals surface area (Å²) in [5.41, 5.74) is 0. The molecule has 2 aromatic heterocycles. The summed E-state index contributed by atoms with van der Waals surface area (Å²) in [4.78, 5) is 24.3. The minimum Gasteiger partial charge on any atom is -0.475 e. The van der Waals surface area contributed by atoms with E-state index in [1.807, 2.05) is 29.6 Å². The molecule has 0 fully saturated rings. The van der Waals surface area contributed by atoms with E-state index >= 15 is 0 Å². The van der Waals surface area contributed by atoms with Gasteiger partial charge in [-0.3, -0.25) is 4.79 Å². The molecule has 17 heavy (non-hydrogen) atoms. The number of rotatable bonds is 4. The van der Waals surface area contributed by atoms with Gasteiger partial charge in [0.25, 0.3) is 5.78 Å². The summed E-state index contributed by atoms with van der Waals surface area (Å²) in [5, 5.41) is 10.4. The molecule has 0 aliphatic heterocycles. The summed E-state index contributed by atoms with van der Waals surface area (Å²) in [7, 11) is 0. The van der Waals surface area contributed by atoms with E-state index < -0.39 is 11.8 Å². The zero-order valence-corrected chi connectivity index (χ0v) is 10.3. The van der Waals surface area contributed by atoms with Crippen molar-refractivity contribution in [2.24, 2.45) is 0 Å². The average molecular weight is 264 g/mol.